The van der Waals surface area contributed by atoms with E-state index in [4.69, 9.17) is 9.52 Å². The van der Waals surface area contributed by atoms with Gasteiger partial charge in [0, 0.05) is 5.92 Å². The molecule has 1 fully saturated rings. The molecule has 1 amide bonds. The number of nitrogens with one attached hydrogen (secondary N) is 1. The van der Waals surface area contributed by atoms with Crippen molar-refractivity contribution >= 4 is 11.9 Å². The van der Waals surface area contributed by atoms with Gasteiger partial charge >= 0.3 is 5.97 Å². The second kappa shape index (κ2) is 4.81. The summed E-state index contributed by atoms with van der Waals surface area (Å²) in [5.74, 6) is 0.847. The normalized spacial score (nSPS) is 26.9. The van der Waals surface area contributed by atoms with Crippen LogP contribution in [0.5, 0.6) is 0 Å². The quantitative estimate of drug-likeness (QED) is 0.825. The van der Waals surface area contributed by atoms with Crippen LogP contribution in [0, 0.1) is 24.7 Å². The summed E-state index contributed by atoms with van der Waals surface area (Å²) in [6.07, 6.45) is 6.34. The molecule has 1 aromatic heterocycles. The second-order valence-electron chi connectivity index (χ2n) is 5.59. The van der Waals surface area contributed by atoms with Gasteiger partial charge in [0.25, 0.3) is 0 Å². The van der Waals surface area contributed by atoms with Crippen LogP contribution in [0.1, 0.15) is 34.7 Å². The molecule has 106 valence electrons. The van der Waals surface area contributed by atoms with Crippen molar-refractivity contribution in [1.82, 2.24) is 5.32 Å². The van der Waals surface area contributed by atoms with Crippen LogP contribution < -0.4 is 5.32 Å². The number of aromatic carboxylic acids is 1. The molecule has 2 N–H and O–H groups in total. The molecule has 0 spiro atoms. The van der Waals surface area contributed by atoms with Gasteiger partial charge in [-0.2, -0.15) is 0 Å². The van der Waals surface area contributed by atoms with Crippen molar-refractivity contribution in [3.05, 3.63) is 35.3 Å². The third kappa shape index (κ3) is 2.24. The fourth-order valence-corrected chi connectivity index (χ4v) is 3.23. The number of fused-ring (bicyclic) bond motifs is 2. The van der Waals surface area contributed by atoms with Crippen molar-refractivity contribution < 1.29 is 19.1 Å². The number of carbonyl (C=O) groups is 2. The molecule has 0 aliphatic heterocycles. The number of hydrogen-bond donors (Lipinski definition) is 2. The van der Waals surface area contributed by atoms with Crippen molar-refractivity contribution in [2.45, 2.75) is 26.3 Å². The summed E-state index contributed by atoms with van der Waals surface area (Å²) < 4.78 is 5.34. The van der Waals surface area contributed by atoms with Crippen LogP contribution in [-0.4, -0.2) is 17.0 Å². The molecule has 2 aliphatic carbocycles. The van der Waals surface area contributed by atoms with E-state index in [0.717, 1.165) is 12.8 Å². The summed E-state index contributed by atoms with van der Waals surface area (Å²) >= 11 is 0. The third-order valence-electron chi connectivity index (χ3n) is 4.25. The molecule has 1 heterocycles. The van der Waals surface area contributed by atoms with Crippen molar-refractivity contribution in [3.8, 4) is 0 Å². The molecule has 2 bridgehead atoms. The highest BCUT2D eigenvalue weighted by molar-refractivity contribution is 5.88. The van der Waals surface area contributed by atoms with E-state index in [1.807, 2.05) is 0 Å². The highest BCUT2D eigenvalue weighted by Crippen LogP contribution is 2.43. The lowest BCUT2D eigenvalue weighted by Crippen LogP contribution is -2.32. The van der Waals surface area contributed by atoms with Gasteiger partial charge in [0.15, 0.2) is 0 Å². The van der Waals surface area contributed by atoms with E-state index in [0.29, 0.717) is 23.4 Å². The zero-order valence-corrected chi connectivity index (χ0v) is 11.3. The summed E-state index contributed by atoms with van der Waals surface area (Å²) in [5, 5.41) is 11.8. The minimum absolute atomic E-state index is 0.0350. The van der Waals surface area contributed by atoms with E-state index in [9.17, 15) is 9.59 Å². The lowest BCUT2D eigenvalue weighted by molar-refractivity contribution is -0.126. The Bertz CT molecular complexity index is 587. The van der Waals surface area contributed by atoms with Gasteiger partial charge in [-0.3, -0.25) is 4.79 Å². The average Bonchev–Trinajstić information content (AvgIpc) is 3.10. The number of carboxylic acids is 1. The van der Waals surface area contributed by atoms with Crippen LogP contribution in [0.15, 0.2) is 22.6 Å². The summed E-state index contributed by atoms with van der Waals surface area (Å²) in [4.78, 5) is 23.0. The Kier molecular flexibility index (Phi) is 3.12. The first-order valence-electron chi connectivity index (χ1n) is 6.83. The molecule has 1 aromatic rings. The number of amides is 1. The topological polar surface area (TPSA) is 79.5 Å². The molecule has 3 rings (SSSR count). The Morgan fingerprint density at radius 1 is 1.40 bits per heavy atom. The maximum atomic E-state index is 12.1. The number of carbonyl (C=O) groups excluding carboxylic acids is 1. The number of hydrogen-bond acceptors (Lipinski definition) is 3. The SMILES string of the molecule is Cc1oc(CNC(=O)C2CC3C=CC2C3)cc1C(=O)O. The third-order valence-corrected chi connectivity index (χ3v) is 4.25. The van der Waals surface area contributed by atoms with Gasteiger partial charge in [-0.15, -0.1) is 0 Å². The smallest absolute Gasteiger partial charge is 0.339 e. The Balaban J connectivity index is 1.59. The lowest BCUT2D eigenvalue weighted by atomic mass is 9.93. The van der Waals surface area contributed by atoms with Gasteiger partial charge in [-0.25, -0.2) is 4.79 Å². The predicted molar refractivity (Wildman–Crippen MR) is 71.1 cm³/mol. The number of allylic oxidation sites excluding steroid dienone is 2. The molecule has 20 heavy (non-hydrogen) atoms. The molecule has 0 saturated heterocycles. The predicted octanol–water partition coefficient (Wildman–Crippen LogP) is 2.11. The summed E-state index contributed by atoms with van der Waals surface area (Å²) in [6.45, 7) is 1.85. The monoisotopic (exact) mass is 275 g/mol. The molecule has 3 atom stereocenters. The molecule has 0 aromatic carbocycles. The largest absolute Gasteiger partial charge is 0.478 e. The number of furan rings is 1. The molecular weight excluding hydrogens is 258 g/mol. The Hall–Kier alpha value is -2.04. The van der Waals surface area contributed by atoms with E-state index in [1.165, 1.54) is 6.07 Å². The lowest BCUT2D eigenvalue weighted by Gasteiger charge is -2.16. The maximum absolute atomic E-state index is 12.1. The summed E-state index contributed by atoms with van der Waals surface area (Å²) in [6, 6.07) is 1.47. The highest BCUT2D eigenvalue weighted by atomic mass is 16.4. The van der Waals surface area contributed by atoms with Crippen molar-refractivity contribution in [2.75, 3.05) is 0 Å². The van der Waals surface area contributed by atoms with Gasteiger partial charge in [0.2, 0.25) is 5.91 Å². The van der Waals surface area contributed by atoms with E-state index >= 15 is 0 Å². The van der Waals surface area contributed by atoms with Crippen LogP contribution in [0.4, 0.5) is 0 Å². The fourth-order valence-electron chi connectivity index (χ4n) is 3.23. The van der Waals surface area contributed by atoms with Gasteiger partial charge < -0.3 is 14.8 Å². The minimum Gasteiger partial charge on any atom is -0.478 e. The fraction of sp³-hybridized carbons (Fsp3) is 0.467. The molecule has 5 nitrogen and oxygen atoms in total. The minimum atomic E-state index is -1.01. The zero-order valence-electron chi connectivity index (χ0n) is 11.3. The van der Waals surface area contributed by atoms with Gasteiger partial charge in [-0.05, 0) is 37.7 Å². The zero-order chi connectivity index (χ0) is 14.3. The molecule has 1 saturated carbocycles. The van der Waals surface area contributed by atoms with Crippen molar-refractivity contribution in [2.24, 2.45) is 17.8 Å². The first-order valence-corrected chi connectivity index (χ1v) is 6.83. The molecule has 0 radical (unpaired) electrons. The maximum Gasteiger partial charge on any atom is 0.339 e. The summed E-state index contributed by atoms with van der Waals surface area (Å²) in [5.41, 5.74) is 0.150. The average molecular weight is 275 g/mol. The summed E-state index contributed by atoms with van der Waals surface area (Å²) in [7, 11) is 0. The Labute approximate surface area is 116 Å². The number of aryl methyl sites for hydroxylation is 1. The number of carboxylic acid groups (broad SMARTS) is 1. The Morgan fingerprint density at radius 2 is 2.20 bits per heavy atom. The van der Waals surface area contributed by atoms with E-state index in [-0.39, 0.29) is 23.9 Å². The number of rotatable bonds is 4. The second-order valence-corrected chi connectivity index (χ2v) is 5.59. The van der Waals surface area contributed by atoms with E-state index in [2.05, 4.69) is 17.5 Å². The van der Waals surface area contributed by atoms with Crippen LogP contribution in [-0.2, 0) is 11.3 Å². The van der Waals surface area contributed by atoms with Crippen LogP contribution in [0.3, 0.4) is 0 Å². The molecule has 2 aliphatic rings. The van der Waals surface area contributed by atoms with Crippen LogP contribution in [0.2, 0.25) is 0 Å². The molecule has 3 unspecified atom stereocenters. The van der Waals surface area contributed by atoms with Crippen LogP contribution in [0.25, 0.3) is 0 Å². The highest BCUT2D eigenvalue weighted by Gasteiger charge is 2.39. The van der Waals surface area contributed by atoms with Crippen molar-refractivity contribution in [3.63, 3.8) is 0 Å². The standard InChI is InChI=1S/C15H17NO4/c1-8-12(15(18)19)6-11(20-8)7-16-14(17)13-5-9-2-3-10(13)4-9/h2-3,6,9-10,13H,4-5,7H2,1H3,(H,16,17)(H,18,19). The first-order chi connectivity index (χ1) is 9.54. The molecule has 5 heteroatoms. The first kappa shape index (κ1) is 13.0. The van der Waals surface area contributed by atoms with Crippen molar-refractivity contribution in [1.29, 1.82) is 0 Å². The Morgan fingerprint density at radius 3 is 2.75 bits per heavy atom. The van der Waals surface area contributed by atoms with Gasteiger partial charge in [0.1, 0.15) is 17.1 Å². The van der Waals surface area contributed by atoms with E-state index in [1.54, 1.807) is 6.92 Å². The molecular formula is C15H17NO4. The van der Waals surface area contributed by atoms with E-state index < -0.39 is 5.97 Å². The van der Waals surface area contributed by atoms with Gasteiger partial charge in [0.05, 0.1) is 6.54 Å². The van der Waals surface area contributed by atoms with Gasteiger partial charge in [-0.1, -0.05) is 12.2 Å². The van der Waals surface area contributed by atoms with Crippen LogP contribution >= 0.6 is 0 Å².